The van der Waals surface area contributed by atoms with Gasteiger partial charge in [-0.3, -0.25) is 4.68 Å². The molecule has 0 aliphatic carbocycles. The molecule has 1 aromatic carbocycles. The number of ether oxygens (including phenoxy) is 1. The van der Waals surface area contributed by atoms with Gasteiger partial charge in [0, 0.05) is 18.3 Å². The summed E-state index contributed by atoms with van der Waals surface area (Å²) in [5.74, 6) is 0.900. The predicted octanol–water partition coefficient (Wildman–Crippen LogP) is 3.48. The maximum Gasteiger partial charge on any atom is 0.121 e. The number of rotatable bonds is 2. The number of halogens is 1. The summed E-state index contributed by atoms with van der Waals surface area (Å²) in [6.45, 7) is 4.07. The molecule has 0 fully saturated rings. The lowest BCUT2D eigenvalue weighted by Crippen LogP contribution is -1.92. The Labute approximate surface area is 110 Å². The molecule has 0 aliphatic rings. The predicted molar refractivity (Wildman–Crippen MR) is 72.4 cm³/mol. The quantitative estimate of drug-likeness (QED) is 0.848. The Balaban J connectivity index is 2.53. The molecule has 1 heterocycles. The second-order valence-electron chi connectivity index (χ2n) is 4.06. The van der Waals surface area contributed by atoms with E-state index < -0.39 is 0 Å². The standard InChI is InChI=1S/C13H15BrN2O/c1-8-7-10(5-6-11(8)17-4)13-12(14)9(2)16(3)15-13/h5-7H,1-4H3. The van der Waals surface area contributed by atoms with E-state index in [2.05, 4.69) is 27.1 Å². The van der Waals surface area contributed by atoms with E-state index in [0.29, 0.717) is 0 Å². The normalized spacial score (nSPS) is 10.6. The fourth-order valence-corrected chi connectivity index (χ4v) is 2.36. The van der Waals surface area contributed by atoms with Gasteiger partial charge in [0.05, 0.1) is 11.6 Å². The second-order valence-corrected chi connectivity index (χ2v) is 4.85. The smallest absolute Gasteiger partial charge is 0.121 e. The van der Waals surface area contributed by atoms with Gasteiger partial charge >= 0.3 is 0 Å². The van der Waals surface area contributed by atoms with Gasteiger partial charge in [0.15, 0.2) is 0 Å². The van der Waals surface area contributed by atoms with E-state index in [1.165, 1.54) is 0 Å². The van der Waals surface area contributed by atoms with Crippen molar-refractivity contribution in [3.63, 3.8) is 0 Å². The minimum atomic E-state index is 0.900. The van der Waals surface area contributed by atoms with Crippen molar-refractivity contribution in [3.05, 3.63) is 33.9 Å². The van der Waals surface area contributed by atoms with E-state index in [1.807, 2.05) is 37.7 Å². The zero-order valence-electron chi connectivity index (χ0n) is 10.4. The minimum absolute atomic E-state index is 0.900. The molecular formula is C13H15BrN2O. The van der Waals surface area contributed by atoms with Gasteiger partial charge in [0.2, 0.25) is 0 Å². The Kier molecular flexibility index (Phi) is 3.24. The lowest BCUT2D eigenvalue weighted by atomic mass is 10.1. The van der Waals surface area contributed by atoms with Crippen molar-refractivity contribution in [2.75, 3.05) is 7.11 Å². The van der Waals surface area contributed by atoms with Crippen LogP contribution in [0.15, 0.2) is 22.7 Å². The molecule has 0 N–H and O–H groups in total. The van der Waals surface area contributed by atoms with Crippen LogP contribution in [0.3, 0.4) is 0 Å². The van der Waals surface area contributed by atoms with Crippen LogP contribution in [-0.2, 0) is 7.05 Å². The average molecular weight is 295 g/mol. The van der Waals surface area contributed by atoms with Crippen LogP contribution >= 0.6 is 15.9 Å². The van der Waals surface area contributed by atoms with Crippen LogP contribution < -0.4 is 4.74 Å². The van der Waals surface area contributed by atoms with Crippen LogP contribution in [-0.4, -0.2) is 16.9 Å². The number of benzene rings is 1. The average Bonchev–Trinajstić information content (AvgIpc) is 2.57. The van der Waals surface area contributed by atoms with Crippen molar-refractivity contribution in [3.8, 4) is 17.0 Å². The van der Waals surface area contributed by atoms with Crippen LogP contribution in [0, 0.1) is 13.8 Å². The van der Waals surface area contributed by atoms with Crippen molar-refractivity contribution >= 4 is 15.9 Å². The highest BCUT2D eigenvalue weighted by Crippen LogP contribution is 2.32. The molecule has 0 aliphatic heterocycles. The Morgan fingerprint density at radius 1 is 1.29 bits per heavy atom. The number of aryl methyl sites for hydroxylation is 2. The van der Waals surface area contributed by atoms with E-state index in [0.717, 1.165) is 32.7 Å². The number of nitrogens with zero attached hydrogens (tertiary/aromatic N) is 2. The van der Waals surface area contributed by atoms with E-state index in [-0.39, 0.29) is 0 Å². The third-order valence-electron chi connectivity index (χ3n) is 2.93. The highest BCUT2D eigenvalue weighted by atomic mass is 79.9. The largest absolute Gasteiger partial charge is 0.496 e. The van der Waals surface area contributed by atoms with Gasteiger partial charge in [-0.2, -0.15) is 5.10 Å². The summed E-state index contributed by atoms with van der Waals surface area (Å²) in [7, 11) is 3.63. The van der Waals surface area contributed by atoms with Crippen LogP contribution in [0.2, 0.25) is 0 Å². The highest BCUT2D eigenvalue weighted by Gasteiger charge is 2.13. The summed E-state index contributed by atoms with van der Waals surface area (Å²) in [5.41, 5.74) is 4.29. The molecule has 2 rings (SSSR count). The molecule has 0 radical (unpaired) electrons. The molecule has 1 aromatic heterocycles. The van der Waals surface area contributed by atoms with Crippen LogP contribution in [0.1, 0.15) is 11.3 Å². The highest BCUT2D eigenvalue weighted by molar-refractivity contribution is 9.10. The second kappa shape index (κ2) is 4.53. The molecule has 2 aromatic rings. The first kappa shape index (κ1) is 12.2. The molecule has 0 unspecified atom stereocenters. The molecule has 17 heavy (non-hydrogen) atoms. The van der Waals surface area contributed by atoms with Crippen LogP contribution in [0.25, 0.3) is 11.3 Å². The fourth-order valence-electron chi connectivity index (χ4n) is 1.79. The van der Waals surface area contributed by atoms with Crippen molar-refractivity contribution in [2.45, 2.75) is 13.8 Å². The zero-order chi connectivity index (χ0) is 12.6. The first-order valence-corrected chi connectivity index (χ1v) is 6.18. The lowest BCUT2D eigenvalue weighted by Gasteiger charge is -2.06. The topological polar surface area (TPSA) is 27.1 Å². The van der Waals surface area contributed by atoms with Crippen LogP contribution in [0.5, 0.6) is 5.75 Å². The summed E-state index contributed by atoms with van der Waals surface area (Å²) in [4.78, 5) is 0. The van der Waals surface area contributed by atoms with E-state index in [9.17, 15) is 0 Å². The number of methoxy groups -OCH3 is 1. The van der Waals surface area contributed by atoms with E-state index >= 15 is 0 Å². The number of hydrogen-bond donors (Lipinski definition) is 0. The Bertz CT molecular complexity index is 561. The summed E-state index contributed by atoms with van der Waals surface area (Å²) >= 11 is 3.58. The molecule has 0 amide bonds. The SMILES string of the molecule is COc1ccc(-c2nn(C)c(C)c2Br)cc1C. The Morgan fingerprint density at radius 2 is 2.00 bits per heavy atom. The number of aromatic nitrogens is 2. The summed E-state index contributed by atoms with van der Waals surface area (Å²) in [6, 6.07) is 6.09. The van der Waals surface area contributed by atoms with Gasteiger partial charge in [0.25, 0.3) is 0 Å². The monoisotopic (exact) mass is 294 g/mol. The summed E-state index contributed by atoms with van der Waals surface area (Å²) < 4.78 is 8.18. The lowest BCUT2D eigenvalue weighted by molar-refractivity contribution is 0.412. The molecule has 0 atom stereocenters. The molecule has 0 spiro atoms. The van der Waals surface area contributed by atoms with Gasteiger partial charge in [-0.15, -0.1) is 0 Å². The first-order valence-electron chi connectivity index (χ1n) is 5.38. The molecule has 0 bridgehead atoms. The summed E-state index contributed by atoms with van der Waals surface area (Å²) in [6.07, 6.45) is 0. The molecule has 3 nitrogen and oxygen atoms in total. The summed E-state index contributed by atoms with van der Waals surface area (Å²) in [5, 5.41) is 4.51. The van der Waals surface area contributed by atoms with Crippen molar-refractivity contribution in [1.82, 2.24) is 9.78 Å². The van der Waals surface area contributed by atoms with Gasteiger partial charge in [0.1, 0.15) is 11.4 Å². The Hall–Kier alpha value is -1.29. The molecule has 0 saturated carbocycles. The fraction of sp³-hybridized carbons (Fsp3) is 0.308. The molecule has 0 saturated heterocycles. The molecular weight excluding hydrogens is 280 g/mol. The molecule has 4 heteroatoms. The maximum atomic E-state index is 5.26. The van der Waals surface area contributed by atoms with Gasteiger partial charge in [-0.05, 0) is 53.5 Å². The number of hydrogen-bond acceptors (Lipinski definition) is 2. The van der Waals surface area contributed by atoms with Gasteiger partial charge in [-0.1, -0.05) is 0 Å². The zero-order valence-corrected chi connectivity index (χ0v) is 12.0. The third kappa shape index (κ3) is 2.09. The van der Waals surface area contributed by atoms with Crippen molar-refractivity contribution in [1.29, 1.82) is 0 Å². The third-order valence-corrected chi connectivity index (χ3v) is 3.88. The van der Waals surface area contributed by atoms with E-state index in [1.54, 1.807) is 7.11 Å². The minimum Gasteiger partial charge on any atom is -0.496 e. The Morgan fingerprint density at radius 3 is 2.47 bits per heavy atom. The van der Waals surface area contributed by atoms with Crippen molar-refractivity contribution in [2.24, 2.45) is 7.05 Å². The van der Waals surface area contributed by atoms with Crippen molar-refractivity contribution < 1.29 is 4.74 Å². The first-order chi connectivity index (χ1) is 8.04. The van der Waals surface area contributed by atoms with Gasteiger partial charge in [-0.25, -0.2) is 0 Å². The van der Waals surface area contributed by atoms with E-state index in [4.69, 9.17) is 4.74 Å². The van der Waals surface area contributed by atoms with Gasteiger partial charge < -0.3 is 4.74 Å². The molecule has 90 valence electrons. The maximum absolute atomic E-state index is 5.26. The van der Waals surface area contributed by atoms with Crippen LogP contribution in [0.4, 0.5) is 0 Å².